The molecule has 14 heavy (non-hydrogen) atoms. The van der Waals surface area contributed by atoms with Crippen molar-refractivity contribution in [3.8, 4) is 0 Å². The molecule has 2 nitrogen and oxygen atoms in total. The van der Waals surface area contributed by atoms with Crippen LogP contribution in [0.3, 0.4) is 0 Å². The van der Waals surface area contributed by atoms with Crippen molar-refractivity contribution in [2.45, 2.75) is 51.9 Å². The van der Waals surface area contributed by atoms with Crippen LogP contribution in [0.15, 0.2) is 10.2 Å². The fourth-order valence-electron chi connectivity index (χ4n) is 1.54. The number of aromatic nitrogens is 1. The highest BCUT2D eigenvalue weighted by Gasteiger charge is 1.99. The highest BCUT2D eigenvalue weighted by molar-refractivity contribution is 7.03. The van der Waals surface area contributed by atoms with E-state index in [-0.39, 0.29) is 5.56 Å². The van der Waals surface area contributed by atoms with Gasteiger partial charge in [0.05, 0.1) is 0 Å². The van der Waals surface area contributed by atoms with Crippen molar-refractivity contribution >= 4 is 11.5 Å². The van der Waals surface area contributed by atoms with Crippen molar-refractivity contribution in [3.63, 3.8) is 0 Å². The van der Waals surface area contributed by atoms with Crippen molar-refractivity contribution in [3.05, 3.63) is 21.3 Å². The molecule has 1 aromatic heterocycles. The monoisotopic (exact) mass is 213 g/mol. The van der Waals surface area contributed by atoms with Gasteiger partial charge in [0.2, 0.25) is 0 Å². The first-order valence-corrected chi connectivity index (χ1v) is 6.37. The van der Waals surface area contributed by atoms with Gasteiger partial charge in [-0.3, -0.25) is 9.17 Å². The van der Waals surface area contributed by atoms with Gasteiger partial charge in [-0.05, 0) is 12.8 Å². The van der Waals surface area contributed by atoms with Crippen LogP contribution in [0.4, 0.5) is 0 Å². The van der Waals surface area contributed by atoms with Crippen LogP contribution in [0, 0.1) is 0 Å². The zero-order valence-electron chi connectivity index (χ0n) is 8.84. The molecule has 1 aromatic rings. The van der Waals surface area contributed by atoms with E-state index in [1.807, 2.05) is 5.38 Å². The quantitative estimate of drug-likeness (QED) is 0.692. The summed E-state index contributed by atoms with van der Waals surface area (Å²) in [6.45, 7) is 2.23. The predicted octanol–water partition coefficient (Wildman–Crippen LogP) is 3.34. The van der Waals surface area contributed by atoms with Gasteiger partial charge in [0, 0.05) is 10.9 Å². The summed E-state index contributed by atoms with van der Waals surface area (Å²) < 4.78 is 2.72. The fourth-order valence-corrected chi connectivity index (χ4v) is 2.21. The number of H-pyrrole nitrogens is 1. The minimum absolute atomic E-state index is 0.114. The molecule has 0 aliphatic rings. The number of unbranched alkanes of at least 4 members (excludes halogenated alkanes) is 5. The minimum Gasteiger partial charge on any atom is -0.278 e. The number of nitrogens with one attached hydrogen (secondary N) is 1. The van der Waals surface area contributed by atoms with Crippen molar-refractivity contribution in [2.75, 3.05) is 0 Å². The lowest BCUT2D eigenvalue weighted by atomic mass is 10.1. The van der Waals surface area contributed by atoms with Crippen LogP contribution in [0.5, 0.6) is 0 Å². The van der Waals surface area contributed by atoms with Crippen LogP contribution in [0.2, 0.25) is 0 Å². The van der Waals surface area contributed by atoms with Gasteiger partial charge in [-0.25, -0.2) is 0 Å². The van der Waals surface area contributed by atoms with Gasteiger partial charge in [-0.2, -0.15) is 0 Å². The zero-order chi connectivity index (χ0) is 10.2. The molecule has 1 heterocycles. The highest BCUT2D eigenvalue weighted by atomic mass is 32.1. The van der Waals surface area contributed by atoms with E-state index in [0.717, 1.165) is 18.4 Å². The molecule has 0 saturated carbocycles. The summed E-state index contributed by atoms with van der Waals surface area (Å²) in [5.74, 6) is 0. The zero-order valence-corrected chi connectivity index (χ0v) is 9.66. The molecule has 0 saturated heterocycles. The number of hydrogen-bond acceptors (Lipinski definition) is 2. The van der Waals surface area contributed by atoms with E-state index in [4.69, 9.17) is 0 Å². The molecule has 3 heteroatoms. The SMILES string of the molecule is CCCCCCCCc1cs[nH]c1=O. The summed E-state index contributed by atoms with van der Waals surface area (Å²) in [4.78, 5) is 11.1. The Labute approximate surface area is 89.5 Å². The van der Waals surface area contributed by atoms with E-state index >= 15 is 0 Å². The molecule has 0 fully saturated rings. The molecule has 0 unspecified atom stereocenters. The summed E-state index contributed by atoms with van der Waals surface area (Å²) in [5.41, 5.74) is 1.08. The Morgan fingerprint density at radius 1 is 1.21 bits per heavy atom. The Morgan fingerprint density at radius 3 is 2.57 bits per heavy atom. The fraction of sp³-hybridized carbons (Fsp3) is 0.727. The molecule has 0 spiro atoms. The van der Waals surface area contributed by atoms with Gasteiger partial charge in [0.25, 0.3) is 5.56 Å². The largest absolute Gasteiger partial charge is 0.278 e. The maximum Gasteiger partial charge on any atom is 0.261 e. The van der Waals surface area contributed by atoms with Crippen LogP contribution in [0.1, 0.15) is 51.0 Å². The second kappa shape index (κ2) is 6.82. The average Bonchev–Trinajstić information content (AvgIpc) is 2.58. The van der Waals surface area contributed by atoms with Gasteiger partial charge < -0.3 is 0 Å². The van der Waals surface area contributed by atoms with Crippen molar-refractivity contribution in [1.82, 2.24) is 4.37 Å². The molecule has 0 aromatic carbocycles. The topological polar surface area (TPSA) is 32.9 Å². The van der Waals surface area contributed by atoms with E-state index in [9.17, 15) is 4.79 Å². The van der Waals surface area contributed by atoms with Gasteiger partial charge in [-0.15, -0.1) is 0 Å². The lowest BCUT2D eigenvalue weighted by molar-refractivity contribution is 0.607. The first-order chi connectivity index (χ1) is 6.84. The summed E-state index contributed by atoms with van der Waals surface area (Å²) in [5, 5.41) is 1.94. The molecule has 1 N–H and O–H groups in total. The molecule has 0 amide bonds. The van der Waals surface area contributed by atoms with Gasteiger partial charge in [-0.1, -0.05) is 50.6 Å². The maximum absolute atomic E-state index is 11.1. The number of aryl methyl sites for hydroxylation is 1. The molecule has 0 radical (unpaired) electrons. The Hall–Kier alpha value is -0.570. The van der Waals surface area contributed by atoms with Crippen molar-refractivity contribution in [1.29, 1.82) is 0 Å². The molecule has 0 atom stereocenters. The number of hydrogen-bond donors (Lipinski definition) is 1. The summed E-state index contributed by atoms with van der Waals surface area (Å²) in [6, 6.07) is 0. The van der Waals surface area contributed by atoms with Crippen molar-refractivity contribution < 1.29 is 0 Å². The van der Waals surface area contributed by atoms with Gasteiger partial charge in [0.15, 0.2) is 0 Å². The van der Waals surface area contributed by atoms with Crippen molar-refractivity contribution in [2.24, 2.45) is 0 Å². The average molecular weight is 213 g/mol. The standard InChI is InChI=1S/C11H19NOS/c1-2-3-4-5-6-7-8-10-9-14-12-11(10)13/h9H,2-8H2,1H3,(H,12,13). The molecule has 1 rings (SSSR count). The minimum atomic E-state index is 0.114. The van der Waals surface area contributed by atoms with E-state index in [1.165, 1.54) is 43.6 Å². The first kappa shape index (κ1) is 11.5. The lowest BCUT2D eigenvalue weighted by Crippen LogP contribution is -2.04. The highest BCUT2D eigenvalue weighted by Crippen LogP contribution is 2.08. The Kier molecular flexibility index (Phi) is 5.60. The van der Waals surface area contributed by atoms with Crippen LogP contribution >= 0.6 is 11.5 Å². The smallest absolute Gasteiger partial charge is 0.261 e. The third-order valence-corrected chi connectivity index (χ3v) is 3.15. The lowest BCUT2D eigenvalue weighted by Gasteiger charge is -1.98. The second-order valence-corrected chi connectivity index (χ2v) is 4.39. The Bertz CT molecular complexity index is 289. The molecule has 0 aliphatic carbocycles. The third kappa shape index (κ3) is 4.09. The molecule has 80 valence electrons. The van der Waals surface area contributed by atoms with Gasteiger partial charge >= 0.3 is 0 Å². The van der Waals surface area contributed by atoms with E-state index < -0.39 is 0 Å². The van der Waals surface area contributed by atoms with Crippen LogP contribution < -0.4 is 5.56 Å². The summed E-state index contributed by atoms with van der Waals surface area (Å²) in [7, 11) is 0. The number of rotatable bonds is 7. The second-order valence-electron chi connectivity index (χ2n) is 3.71. The van der Waals surface area contributed by atoms with Gasteiger partial charge in [0.1, 0.15) is 0 Å². The third-order valence-electron chi connectivity index (χ3n) is 2.44. The normalized spacial score (nSPS) is 10.6. The van der Waals surface area contributed by atoms with Crippen LogP contribution in [-0.4, -0.2) is 4.37 Å². The number of aromatic amines is 1. The van der Waals surface area contributed by atoms with E-state index in [1.54, 1.807) is 0 Å². The Balaban J connectivity index is 2.05. The predicted molar refractivity (Wildman–Crippen MR) is 62.0 cm³/mol. The molecular formula is C11H19NOS. The van der Waals surface area contributed by atoms with Crippen LogP contribution in [-0.2, 0) is 6.42 Å². The van der Waals surface area contributed by atoms with Crippen LogP contribution in [0.25, 0.3) is 0 Å². The molecule has 0 aliphatic heterocycles. The maximum atomic E-state index is 11.1. The van der Waals surface area contributed by atoms with E-state index in [0.29, 0.717) is 0 Å². The first-order valence-electron chi connectivity index (χ1n) is 5.49. The molecular weight excluding hydrogens is 194 g/mol. The Morgan fingerprint density at radius 2 is 1.93 bits per heavy atom. The molecule has 0 bridgehead atoms. The van der Waals surface area contributed by atoms with E-state index in [2.05, 4.69) is 11.3 Å². The summed E-state index contributed by atoms with van der Waals surface area (Å²) in [6.07, 6.45) is 8.67. The summed E-state index contributed by atoms with van der Waals surface area (Å²) >= 11 is 1.40.